The Hall–Kier alpha value is -1.32. The largest absolute Gasteiger partial charge is 0.382 e. The molecule has 1 aliphatic carbocycles. The van der Waals surface area contributed by atoms with Crippen LogP contribution < -0.4 is 0 Å². The number of hydrogen-bond acceptors (Lipinski definition) is 2. The van der Waals surface area contributed by atoms with E-state index >= 15 is 0 Å². The van der Waals surface area contributed by atoms with Gasteiger partial charge in [-0.2, -0.15) is 0 Å². The summed E-state index contributed by atoms with van der Waals surface area (Å²) in [7, 11) is 1.64. The van der Waals surface area contributed by atoms with E-state index in [2.05, 4.69) is 11.1 Å². The van der Waals surface area contributed by atoms with Crippen molar-refractivity contribution < 1.29 is 9.84 Å². The highest BCUT2D eigenvalue weighted by atomic mass is 16.5. The van der Waals surface area contributed by atoms with Gasteiger partial charge in [-0.25, -0.2) is 0 Å². The number of hydrogen-bond donors (Lipinski definition) is 2. The van der Waals surface area contributed by atoms with Crippen LogP contribution in [0, 0.1) is 5.92 Å². The lowest BCUT2D eigenvalue weighted by Crippen LogP contribution is -2.33. The summed E-state index contributed by atoms with van der Waals surface area (Å²) < 4.78 is 5.20. The van der Waals surface area contributed by atoms with Gasteiger partial charge in [-0.15, -0.1) is 0 Å². The van der Waals surface area contributed by atoms with Gasteiger partial charge in [0.15, 0.2) is 0 Å². The summed E-state index contributed by atoms with van der Waals surface area (Å²) in [5.41, 5.74) is 1.25. The van der Waals surface area contributed by atoms with E-state index in [4.69, 9.17) is 4.74 Å². The van der Waals surface area contributed by atoms with Crippen LogP contribution in [-0.4, -0.2) is 23.8 Å². The normalized spacial score (nSPS) is 19.4. The predicted molar refractivity (Wildman–Crippen MR) is 66.8 cm³/mol. The number of methoxy groups -OCH3 is 1. The number of aliphatic hydroxyl groups is 1. The van der Waals surface area contributed by atoms with Crippen molar-refractivity contribution in [2.45, 2.75) is 18.4 Å². The third kappa shape index (κ3) is 1.75. The summed E-state index contributed by atoms with van der Waals surface area (Å²) in [6.45, 7) is 0.369. The molecular weight excluding hydrogens is 214 g/mol. The number of benzene rings is 1. The molecule has 1 saturated carbocycles. The second-order valence-corrected chi connectivity index (χ2v) is 4.91. The van der Waals surface area contributed by atoms with Crippen LogP contribution in [0.3, 0.4) is 0 Å². The summed E-state index contributed by atoms with van der Waals surface area (Å²) in [6, 6.07) is 8.10. The standard InChI is InChI=1S/C14H17NO2/c1-17-9-14(16,11-2-3-11)12-4-5-13-10(8-12)6-7-15-13/h4-8,11,15-16H,2-3,9H2,1H3. The maximum Gasteiger partial charge on any atom is 0.116 e. The molecule has 3 heteroatoms. The van der Waals surface area contributed by atoms with E-state index in [1.54, 1.807) is 7.11 Å². The van der Waals surface area contributed by atoms with Crippen molar-refractivity contribution in [2.24, 2.45) is 5.92 Å². The SMILES string of the molecule is COCC(O)(c1ccc2[nH]ccc2c1)C1CC1. The Balaban J connectivity index is 2.04. The molecule has 1 fully saturated rings. The Morgan fingerprint density at radius 3 is 2.94 bits per heavy atom. The van der Waals surface area contributed by atoms with Gasteiger partial charge >= 0.3 is 0 Å². The maximum atomic E-state index is 10.8. The topological polar surface area (TPSA) is 45.2 Å². The van der Waals surface area contributed by atoms with E-state index in [9.17, 15) is 5.11 Å². The Morgan fingerprint density at radius 1 is 1.41 bits per heavy atom. The average molecular weight is 231 g/mol. The minimum Gasteiger partial charge on any atom is -0.382 e. The highest BCUT2D eigenvalue weighted by Crippen LogP contribution is 2.46. The zero-order chi connectivity index (χ0) is 11.9. The van der Waals surface area contributed by atoms with Gasteiger partial charge in [0.05, 0.1) is 6.61 Å². The lowest BCUT2D eigenvalue weighted by atomic mass is 9.89. The second-order valence-electron chi connectivity index (χ2n) is 4.91. The summed E-state index contributed by atoms with van der Waals surface area (Å²) in [5, 5.41) is 11.9. The number of H-pyrrole nitrogens is 1. The molecule has 2 N–H and O–H groups in total. The van der Waals surface area contributed by atoms with Crippen molar-refractivity contribution in [3.63, 3.8) is 0 Å². The molecule has 90 valence electrons. The van der Waals surface area contributed by atoms with E-state index < -0.39 is 5.60 Å². The molecule has 0 amide bonds. The van der Waals surface area contributed by atoms with Crippen LogP contribution in [0.2, 0.25) is 0 Å². The van der Waals surface area contributed by atoms with Crippen LogP contribution in [0.4, 0.5) is 0 Å². The van der Waals surface area contributed by atoms with E-state index in [1.807, 2.05) is 24.4 Å². The van der Waals surface area contributed by atoms with Crippen molar-refractivity contribution in [1.82, 2.24) is 4.98 Å². The van der Waals surface area contributed by atoms with Crippen molar-refractivity contribution in [2.75, 3.05) is 13.7 Å². The number of ether oxygens (including phenoxy) is 1. The van der Waals surface area contributed by atoms with Gasteiger partial charge < -0.3 is 14.8 Å². The minimum absolute atomic E-state index is 0.346. The molecule has 1 heterocycles. The van der Waals surface area contributed by atoms with Crippen LogP contribution in [0.1, 0.15) is 18.4 Å². The summed E-state index contributed by atoms with van der Waals surface area (Å²) in [6.07, 6.45) is 4.09. The number of aromatic amines is 1. The minimum atomic E-state index is -0.819. The molecule has 0 saturated heterocycles. The molecule has 1 aromatic carbocycles. The molecule has 1 atom stereocenters. The quantitative estimate of drug-likeness (QED) is 0.848. The van der Waals surface area contributed by atoms with Crippen LogP contribution >= 0.6 is 0 Å². The first-order valence-electron chi connectivity index (χ1n) is 6.03. The fourth-order valence-corrected chi connectivity index (χ4v) is 2.54. The van der Waals surface area contributed by atoms with E-state index in [-0.39, 0.29) is 0 Å². The van der Waals surface area contributed by atoms with Crippen LogP contribution in [0.15, 0.2) is 30.5 Å². The van der Waals surface area contributed by atoms with Crippen LogP contribution in [-0.2, 0) is 10.3 Å². The Labute approximate surface area is 100 Å². The van der Waals surface area contributed by atoms with Crippen LogP contribution in [0.25, 0.3) is 10.9 Å². The molecule has 3 nitrogen and oxygen atoms in total. The molecule has 17 heavy (non-hydrogen) atoms. The molecule has 0 bridgehead atoms. The van der Waals surface area contributed by atoms with Gasteiger partial charge in [-0.1, -0.05) is 6.07 Å². The highest BCUT2D eigenvalue weighted by molar-refractivity contribution is 5.80. The Morgan fingerprint density at radius 2 is 2.24 bits per heavy atom. The molecule has 0 radical (unpaired) electrons. The van der Waals surface area contributed by atoms with Gasteiger partial charge in [0.2, 0.25) is 0 Å². The molecule has 1 unspecified atom stereocenters. The van der Waals surface area contributed by atoms with Crippen molar-refractivity contribution in [3.8, 4) is 0 Å². The van der Waals surface area contributed by atoms with Gasteiger partial charge in [-0.05, 0) is 47.9 Å². The molecule has 1 aromatic heterocycles. The highest BCUT2D eigenvalue weighted by Gasteiger charge is 2.45. The molecule has 0 spiro atoms. The first-order valence-corrected chi connectivity index (χ1v) is 6.03. The molecule has 2 aromatic rings. The third-order valence-corrected chi connectivity index (χ3v) is 3.67. The van der Waals surface area contributed by atoms with Crippen LogP contribution in [0.5, 0.6) is 0 Å². The number of aromatic nitrogens is 1. The van der Waals surface area contributed by atoms with Crippen molar-refractivity contribution in [1.29, 1.82) is 0 Å². The first-order chi connectivity index (χ1) is 8.24. The smallest absolute Gasteiger partial charge is 0.116 e. The molecule has 3 rings (SSSR count). The summed E-state index contributed by atoms with van der Waals surface area (Å²) in [5.74, 6) is 0.346. The van der Waals surface area contributed by atoms with Crippen molar-refractivity contribution >= 4 is 10.9 Å². The average Bonchev–Trinajstić information content (AvgIpc) is 3.08. The lowest BCUT2D eigenvalue weighted by molar-refractivity contribution is -0.0531. The van der Waals surface area contributed by atoms with E-state index in [0.717, 1.165) is 29.3 Å². The Kier molecular flexibility index (Phi) is 2.45. The van der Waals surface area contributed by atoms with Crippen molar-refractivity contribution in [3.05, 3.63) is 36.0 Å². The number of fused-ring (bicyclic) bond motifs is 1. The molecule has 0 aliphatic heterocycles. The maximum absolute atomic E-state index is 10.8. The lowest BCUT2D eigenvalue weighted by Gasteiger charge is -2.28. The van der Waals surface area contributed by atoms with Gasteiger partial charge in [-0.3, -0.25) is 0 Å². The second kappa shape index (κ2) is 3.86. The molecule has 1 aliphatic rings. The van der Waals surface area contributed by atoms with Gasteiger partial charge in [0.25, 0.3) is 0 Å². The predicted octanol–water partition coefficient (Wildman–Crippen LogP) is 2.41. The number of rotatable bonds is 4. The Bertz CT molecular complexity index is 530. The van der Waals surface area contributed by atoms with E-state index in [0.29, 0.717) is 12.5 Å². The van der Waals surface area contributed by atoms with Gasteiger partial charge in [0.1, 0.15) is 5.60 Å². The monoisotopic (exact) mass is 231 g/mol. The first kappa shape index (κ1) is 10.8. The van der Waals surface area contributed by atoms with Gasteiger partial charge in [0, 0.05) is 18.8 Å². The summed E-state index contributed by atoms with van der Waals surface area (Å²) >= 11 is 0. The zero-order valence-electron chi connectivity index (χ0n) is 9.94. The van der Waals surface area contributed by atoms with E-state index in [1.165, 1.54) is 0 Å². The molecular formula is C14H17NO2. The third-order valence-electron chi connectivity index (χ3n) is 3.67. The fourth-order valence-electron chi connectivity index (χ4n) is 2.54. The number of nitrogens with one attached hydrogen (secondary N) is 1. The summed E-state index contributed by atoms with van der Waals surface area (Å²) in [4.78, 5) is 3.16. The zero-order valence-corrected chi connectivity index (χ0v) is 9.94. The fraction of sp³-hybridized carbons (Fsp3) is 0.429.